The van der Waals surface area contributed by atoms with Crippen LogP contribution in [0.1, 0.15) is 34.5 Å². The molecule has 0 aliphatic heterocycles. The molecule has 0 aliphatic carbocycles. The number of rotatable bonds is 5. The first-order valence-corrected chi connectivity index (χ1v) is 6.58. The Hall–Kier alpha value is -2.30. The van der Waals surface area contributed by atoms with Gasteiger partial charge in [-0.25, -0.2) is 0 Å². The molecule has 0 saturated carbocycles. The molecule has 1 heterocycles. The Balaban J connectivity index is 2.06. The number of hydrogen-bond acceptors (Lipinski definition) is 2. The van der Waals surface area contributed by atoms with E-state index in [1.807, 2.05) is 26.0 Å². The molecule has 2 aromatic rings. The first-order chi connectivity index (χ1) is 9.49. The predicted molar refractivity (Wildman–Crippen MR) is 77.0 cm³/mol. The van der Waals surface area contributed by atoms with Crippen LogP contribution in [0.25, 0.3) is 10.9 Å². The first kappa shape index (κ1) is 14.1. The molecule has 0 unspecified atom stereocenters. The van der Waals surface area contributed by atoms with E-state index in [1.54, 1.807) is 6.07 Å². The Bertz CT molecular complexity index is 658. The van der Waals surface area contributed by atoms with Gasteiger partial charge in [0.15, 0.2) is 0 Å². The summed E-state index contributed by atoms with van der Waals surface area (Å²) in [5.74, 6) is -1.02. The molecule has 1 aromatic heterocycles. The predicted octanol–water partition coefficient (Wildman–Crippen LogP) is 2.38. The van der Waals surface area contributed by atoms with Crippen molar-refractivity contribution in [2.45, 2.75) is 26.7 Å². The van der Waals surface area contributed by atoms with E-state index >= 15 is 0 Å². The SMILES string of the molecule is Cc1[nH]c2ccc(C(=O)NCCCC(=O)O)cc2c1C. The number of aromatic nitrogens is 1. The number of amides is 1. The monoisotopic (exact) mass is 274 g/mol. The van der Waals surface area contributed by atoms with Gasteiger partial charge in [-0.3, -0.25) is 9.59 Å². The van der Waals surface area contributed by atoms with Crippen molar-refractivity contribution in [2.75, 3.05) is 6.54 Å². The van der Waals surface area contributed by atoms with E-state index in [2.05, 4.69) is 10.3 Å². The highest BCUT2D eigenvalue weighted by Gasteiger charge is 2.09. The summed E-state index contributed by atoms with van der Waals surface area (Å²) in [5, 5.41) is 12.3. The van der Waals surface area contributed by atoms with Gasteiger partial charge in [0.2, 0.25) is 0 Å². The summed E-state index contributed by atoms with van der Waals surface area (Å²) in [6.45, 7) is 4.39. The Morgan fingerprint density at radius 2 is 2.05 bits per heavy atom. The highest BCUT2D eigenvalue weighted by atomic mass is 16.4. The van der Waals surface area contributed by atoms with Crippen molar-refractivity contribution in [3.8, 4) is 0 Å². The van der Waals surface area contributed by atoms with Gasteiger partial charge in [-0.2, -0.15) is 0 Å². The second kappa shape index (κ2) is 5.77. The van der Waals surface area contributed by atoms with Crippen molar-refractivity contribution in [2.24, 2.45) is 0 Å². The van der Waals surface area contributed by atoms with Crippen LogP contribution >= 0.6 is 0 Å². The number of aliphatic carboxylic acids is 1. The maximum Gasteiger partial charge on any atom is 0.303 e. The molecule has 20 heavy (non-hydrogen) atoms. The number of fused-ring (bicyclic) bond motifs is 1. The Kier molecular flexibility index (Phi) is 4.08. The average Bonchev–Trinajstić information content (AvgIpc) is 2.69. The van der Waals surface area contributed by atoms with Crippen molar-refractivity contribution in [3.63, 3.8) is 0 Å². The van der Waals surface area contributed by atoms with E-state index in [4.69, 9.17) is 5.11 Å². The minimum Gasteiger partial charge on any atom is -0.481 e. The van der Waals surface area contributed by atoms with Crippen LogP contribution in [-0.4, -0.2) is 28.5 Å². The Morgan fingerprint density at radius 1 is 1.30 bits per heavy atom. The number of carboxylic acid groups (broad SMARTS) is 1. The lowest BCUT2D eigenvalue weighted by Crippen LogP contribution is -2.24. The lowest BCUT2D eigenvalue weighted by Gasteiger charge is -2.04. The minimum absolute atomic E-state index is 0.0649. The van der Waals surface area contributed by atoms with Gasteiger partial charge in [0, 0.05) is 35.1 Å². The van der Waals surface area contributed by atoms with Gasteiger partial charge >= 0.3 is 5.97 Å². The van der Waals surface area contributed by atoms with Gasteiger partial charge in [-0.05, 0) is 44.0 Å². The number of hydrogen-bond donors (Lipinski definition) is 3. The topological polar surface area (TPSA) is 82.2 Å². The van der Waals surface area contributed by atoms with Crippen LogP contribution in [0.4, 0.5) is 0 Å². The van der Waals surface area contributed by atoms with Crippen LogP contribution < -0.4 is 5.32 Å². The van der Waals surface area contributed by atoms with Gasteiger partial charge in [-0.1, -0.05) is 0 Å². The number of aryl methyl sites for hydroxylation is 2. The second-order valence-electron chi connectivity index (χ2n) is 4.89. The van der Waals surface area contributed by atoms with Gasteiger partial charge in [0.1, 0.15) is 0 Å². The molecule has 1 aromatic carbocycles. The van der Waals surface area contributed by atoms with Crippen molar-refractivity contribution in [1.29, 1.82) is 0 Å². The molecule has 0 fully saturated rings. The number of carbonyl (C=O) groups excluding carboxylic acids is 1. The molecule has 3 N–H and O–H groups in total. The van der Waals surface area contributed by atoms with Crippen LogP contribution in [0.3, 0.4) is 0 Å². The van der Waals surface area contributed by atoms with E-state index in [0.29, 0.717) is 18.5 Å². The molecular weight excluding hydrogens is 256 g/mol. The van der Waals surface area contributed by atoms with E-state index in [1.165, 1.54) is 0 Å². The summed E-state index contributed by atoms with van der Waals surface area (Å²) in [6, 6.07) is 5.52. The molecule has 1 amide bonds. The third-order valence-electron chi connectivity index (χ3n) is 3.42. The summed E-state index contributed by atoms with van der Waals surface area (Å²) in [4.78, 5) is 25.6. The smallest absolute Gasteiger partial charge is 0.303 e. The van der Waals surface area contributed by atoms with Crippen LogP contribution in [0.5, 0.6) is 0 Å². The zero-order chi connectivity index (χ0) is 14.7. The van der Waals surface area contributed by atoms with Crippen LogP contribution in [0, 0.1) is 13.8 Å². The quantitative estimate of drug-likeness (QED) is 0.732. The normalized spacial score (nSPS) is 10.7. The zero-order valence-electron chi connectivity index (χ0n) is 11.6. The third kappa shape index (κ3) is 2.99. The van der Waals surface area contributed by atoms with Gasteiger partial charge < -0.3 is 15.4 Å². The lowest BCUT2D eigenvalue weighted by molar-refractivity contribution is -0.137. The van der Waals surface area contributed by atoms with E-state index in [0.717, 1.165) is 22.2 Å². The van der Waals surface area contributed by atoms with E-state index in [-0.39, 0.29) is 12.3 Å². The van der Waals surface area contributed by atoms with Crippen LogP contribution in [0.15, 0.2) is 18.2 Å². The molecule has 5 nitrogen and oxygen atoms in total. The summed E-state index contributed by atoms with van der Waals surface area (Å²) in [6.07, 6.45) is 0.501. The van der Waals surface area contributed by atoms with E-state index < -0.39 is 5.97 Å². The summed E-state index contributed by atoms with van der Waals surface area (Å²) < 4.78 is 0. The standard InChI is InChI=1S/C15H18N2O3/c1-9-10(2)17-13-6-5-11(8-12(9)13)15(20)16-7-3-4-14(18)19/h5-6,8,17H,3-4,7H2,1-2H3,(H,16,20)(H,18,19). The maximum atomic E-state index is 12.0. The molecule has 0 bridgehead atoms. The summed E-state index contributed by atoms with van der Waals surface area (Å²) in [7, 11) is 0. The van der Waals surface area contributed by atoms with Crippen molar-refractivity contribution in [1.82, 2.24) is 10.3 Å². The van der Waals surface area contributed by atoms with Crippen LogP contribution in [0.2, 0.25) is 0 Å². The molecule has 0 saturated heterocycles. The average molecular weight is 274 g/mol. The largest absolute Gasteiger partial charge is 0.481 e. The fourth-order valence-electron chi connectivity index (χ4n) is 2.15. The third-order valence-corrected chi connectivity index (χ3v) is 3.42. The van der Waals surface area contributed by atoms with Crippen molar-refractivity contribution < 1.29 is 14.7 Å². The van der Waals surface area contributed by atoms with E-state index in [9.17, 15) is 9.59 Å². The second-order valence-corrected chi connectivity index (χ2v) is 4.89. The Morgan fingerprint density at radius 3 is 2.75 bits per heavy atom. The lowest BCUT2D eigenvalue weighted by atomic mass is 10.1. The molecule has 2 rings (SSSR count). The number of carboxylic acids is 1. The number of H-pyrrole nitrogens is 1. The molecule has 0 radical (unpaired) electrons. The van der Waals surface area contributed by atoms with Crippen molar-refractivity contribution >= 4 is 22.8 Å². The molecular formula is C15H18N2O3. The highest BCUT2D eigenvalue weighted by Crippen LogP contribution is 2.22. The number of aromatic amines is 1. The maximum absolute atomic E-state index is 12.0. The fourth-order valence-corrected chi connectivity index (χ4v) is 2.15. The van der Waals surface area contributed by atoms with Crippen LogP contribution in [-0.2, 0) is 4.79 Å². The Labute approximate surface area is 117 Å². The number of benzene rings is 1. The first-order valence-electron chi connectivity index (χ1n) is 6.58. The van der Waals surface area contributed by atoms with Gasteiger partial charge in [0.05, 0.1) is 0 Å². The molecule has 5 heteroatoms. The summed E-state index contributed by atoms with van der Waals surface area (Å²) in [5.41, 5.74) is 3.84. The number of carbonyl (C=O) groups is 2. The molecule has 0 aliphatic rings. The summed E-state index contributed by atoms with van der Waals surface area (Å²) >= 11 is 0. The molecule has 0 spiro atoms. The van der Waals surface area contributed by atoms with Crippen molar-refractivity contribution in [3.05, 3.63) is 35.0 Å². The molecule has 0 atom stereocenters. The minimum atomic E-state index is -0.848. The van der Waals surface area contributed by atoms with Gasteiger partial charge in [-0.15, -0.1) is 0 Å². The zero-order valence-corrected chi connectivity index (χ0v) is 11.6. The number of nitrogens with one attached hydrogen (secondary N) is 2. The molecule has 106 valence electrons. The highest BCUT2D eigenvalue weighted by molar-refractivity contribution is 5.99. The fraction of sp³-hybridized carbons (Fsp3) is 0.333. The van der Waals surface area contributed by atoms with Gasteiger partial charge in [0.25, 0.3) is 5.91 Å².